The van der Waals surface area contributed by atoms with Crippen LogP contribution >= 0.6 is 0 Å². The highest BCUT2D eigenvalue weighted by atomic mass is 16.6. The zero-order valence-electron chi connectivity index (χ0n) is 29.8. The largest absolute Gasteiger partial charge is 0.452 e. The number of hydrogen-bond acceptors (Lipinski definition) is 9. The van der Waals surface area contributed by atoms with Crippen LogP contribution in [-0.4, -0.2) is 82.2 Å². The van der Waals surface area contributed by atoms with Gasteiger partial charge in [0.1, 0.15) is 11.4 Å². The van der Waals surface area contributed by atoms with Crippen LogP contribution in [0.5, 0.6) is 0 Å². The first-order valence-corrected chi connectivity index (χ1v) is 17.2. The Labute approximate surface area is 307 Å². The topological polar surface area (TPSA) is 171 Å². The van der Waals surface area contributed by atoms with Crippen LogP contribution in [-0.2, 0) is 23.9 Å². The van der Waals surface area contributed by atoms with Gasteiger partial charge in [-0.1, -0.05) is 78.9 Å². The summed E-state index contributed by atoms with van der Waals surface area (Å²) in [6.45, 7) is 5.64. The molecule has 0 bridgehead atoms. The Hall–Kier alpha value is -6.37. The van der Waals surface area contributed by atoms with Gasteiger partial charge in [0.25, 0.3) is 5.91 Å². The SMILES string of the molecule is CC(C)(C)OC(=O)NC(=N)c1ccc(C(=O)NCCN2CCN(C(CC(=O)OC(c3ccccc3)c3ccccc3)c3cccnc3)C(=O)C2=O)cc1. The minimum Gasteiger partial charge on any atom is -0.452 e. The lowest BCUT2D eigenvalue weighted by molar-refractivity contribution is -0.160. The summed E-state index contributed by atoms with van der Waals surface area (Å²) in [5.41, 5.74) is 2.14. The number of piperazine rings is 1. The van der Waals surface area contributed by atoms with Gasteiger partial charge >= 0.3 is 23.9 Å². The molecule has 1 aliphatic heterocycles. The number of pyridine rings is 1. The predicted molar refractivity (Wildman–Crippen MR) is 196 cm³/mol. The molecule has 3 aromatic carbocycles. The summed E-state index contributed by atoms with van der Waals surface area (Å²) >= 11 is 0. The van der Waals surface area contributed by atoms with Crippen LogP contribution in [0.1, 0.15) is 71.9 Å². The summed E-state index contributed by atoms with van der Waals surface area (Å²) in [6.07, 6.45) is 1.52. The fourth-order valence-electron chi connectivity index (χ4n) is 5.78. The molecule has 0 aliphatic carbocycles. The maximum absolute atomic E-state index is 13.6. The molecule has 0 saturated carbocycles. The Kier molecular flexibility index (Phi) is 12.3. The summed E-state index contributed by atoms with van der Waals surface area (Å²) in [4.78, 5) is 72.2. The molecule has 4 aromatic rings. The van der Waals surface area contributed by atoms with E-state index in [1.54, 1.807) is 45.3 Å². The molecule has 1 fully saturated rings. The Balaban J connectivity index is 1.18. The summed E-state index contributed by atoms with van der Waals surface area (Å²) in [5, 5.41) is 13.2. The van der Waals surface area contributed by atoms with E-state index in [2.05, 4.69) is 15.6 Å². The lowest BCUT2D eigenvalue weighted by atomic mass is 10.0. The zero-order chi connectivity index (χ0) is 38.0. The van der Waals surface area contributed by atoms with Crippen molar-refractivity contribution in [2.24, 2.45) is 0 Å². The number of amidine groups is 1. The monoisotopic (exact) mass is 718 g/mol. The summed E-state index contributed by atoms with van der Waals surface area (Å²) < 4.78 is 11.2. The smallest absolute Gasteiger partial charge is 0.413 e. The third kappa shape index (κ3) is 10.3. The normalized spacial score (nSPS) is 13.7. The number of benzene rings is 3. The van der Waals surface area contributed by atoms with E-state index < -0.39 is 47.5 Å². The highest BCUT2D eigenvalue weighted by Gasteiger charge is 2.38. The summed E-state index contributed by atoms with van der Waals surface area (Å²) in [7, 11) is 0. The second-order valence-corrected chi connectivity index (χ2v) is 13.3. The number of carbonyl (C=O) groups is 5. The molecule has 1 unspecified atom stereocenters. The minimum absolute atomic E-state index is 0.0777. The quantitative estimate of drug-likeness (QED) is 0.0812. The number of nitrogens with zero attached hydrogens (tertiary/aromatic N) is 3. The van der Waals surface area contributed by atoms with E-state index in [1.807, 2.05) is 60.7 Å². The predicted octanol–water partition coefficient (Wildman–Crippen LogP) is 4.80. The summed E-state index contributed by atoms with van der Waals surface area (Å²) in [6, 6.07) is 27.5. The third-order valence-electron chi connectivity index (χ3n) is 8.33. The highest BCUT2D eigenvalue weighted by molar-refractivity contribution is 6.35. The molecule has 0 spiro atoms. The lowest BCUT2D eigenvalue weighted by Crippen LogP contribution is -2.56. The Morgan fingerprint density at radius 1 is 0.811 bits per heavy atom. The minimum atomic E-state index is -0.800. The molecule has 13 nitrogen and oxygen atoms in total. The van der Waals surface area contributed by atoms with Crippen molar-refractivity contribution in [3.63, 3.8) is 0 Å². The van der Waals surface area contributed by atoms with Crippen LogP contribution in [0.15, 0.2) is 109 Å². The second-order valence-electron chi connectivity index (χ2n) is 13.3. The number of esters is 1. The molecule has 53 heavy (non-hydrogen) atoms. The van der Waals surface area contributed by atoms with Crippen molar-refractivity contribution in [1.29, 1.82) is 5.41 Å². The average Bonchev–Trinajstić information content (AvgIpc) is 3.15. The third-order valence-corrected chi connectivity index (χ3v) is 8.33. The van der Waals surface area contributed by atoms with E-state index in [4.69, 9.17) is 14.9 Å². The number of amides is 4. The van der Waals surface area contributed by atoms with Gasteiger partial charge in [-0.2, -0.15) is 0 Å². The van der Waals surface area contributed by atoms with Gasteiger partial charge in [-0.25, -0.2) is 4.79 Å². The van der Waals surface area contributed by atoms with Gasteiger partial charge in [-0.3, -0.25) is 34.9 Å². The number of hydrogen-bond donors (Lipinski definition) is 3. The van der Waals surface area contributed by atoms with Crippen LogP contribution in [0, 0.1) is 5.41 Å². The number of aromatic nitrogens is 1. The second kappa shape index (κ2) is 17.2. The molecule has 4 amide bonds. The first kappa shape index (κ1) is 37.9. The van der Waals surface area contributed by atoms with Crippen molar-refractivity contribution in [3.8, 4) is 0 Å². The van der Waals surface area contributed by atoms with Crippen molar-refractivity contribution < 1.29 is 33.4 Å². The van der Waals surface area contributed by atoms with Crippen molar-refractivity contribution in [2.75, 3.05) is 26.2 Å². The van der Waals surface area contributed by atoms with E-state index in [1.165, 1.54) is 34.1 Å². The van der Waals surface area contributed by atoms with Crippen LogP contribution in [0.4, 0.5) is 4.79 Å². The highest BCUT2D eigenvalue weighted by Crippen LogP contribution is 2.31. The molecular weight excluding hydrogens is 676 g/mol. The molecule has 3 N–H and O–H groups in total. The molecule has 1 saturated heterocycles. The van der Waals surface area contributed by atoms with Gasteiger partial charge in [0.15, 0.2) is 6.10 Å². The first-order valence-electron chi connectivity index (χ1n) is 17.2. The van der Waals surface area contributed by atoms with E-state index in [9.17, 15) is 24.0 Å². The van der Waals surface area contributed by atoms with Crippen LogP contribution in [0.25, 0.3) is 0 Å². The average molecular weight is 719 g/mol. The Bertz CT molecular complexity index is 1880. The number of rotatable bonds is 12. The standard InChI is InChI=1S/C40H42N6O7/c1-40(2,3)53-39(51)44-35(41)29-16-18-30(19-17-29)36(48)43-21-22-45-23-24-46(38(50)37(45)49)32(31-15-10-20-42-26-31)25-33(47)52-34(27-11-6-4-7-12-27)28-13-8-5-9-14-28/h4-20,26,32,34H,21-25H2,1-3H3,(H,43,48)(H2,41,44,51). The van der Waals surface area contributed by atoms with E-state index >= 15 is 0 Å². The van der Waals surface area contributed by atoms with Crippen molar-refractivity contribution in [2.45, 2.75) is 44.9 Å². The number of nitrogens with one attached hydrogen (secondary N) is 3. The van der Waals surface area contributed by atoms with E-state index in [-0.39, 0.29) is 38.4 Å². The molecule has 1 atom stereocenters. The fraction of sp³-hybridized carbons (Fsp3) is 0.275. The van der Waals surface area contributed by atoms with Gasteiger partial charge in [0.2, 0.25) is 0 Å². The van der Waals surface area contributed by atoms with Gasteiger partial charge in [0.05, 0.1) is 12.5 Å². The molecule has 1 aromatic heterocycles. The van der Waals surface area contributed by atoms with Crippen LogP contribution < -0.4 is 10.6 Å². The molecule has 1 aliphatic rings. The zero-order valence-corrected chi connectivity index (χ0v) is 29.8. The van der Waals surface area contributed by atoms with Crippen molar-refractivity contribution >= 4 is 35.6 Å². The molecule has 2 heterocycles. The van der Waals surface area contributed by atoms with Gasteiger partial charge in [-0.05, 0) is 55.7 Å². The molecule has 0 radical (unpaired) electrons. The maximum atomic E-state index is 13.6. The molecular formula is C40H42N6O7. The first-order chi connectivity index (χ1) is 25.4. The summed E-state index contributed by atoms with van der Waals surface area (Å²) in [5.74, 6) is -2.67. The number of ether oxygens (including phenoxy) is 2. The van der Waals surface area contributed by atoms with Gasteiger partial charge < -0.3 is 24.6 Å². The fourth-order valence-corrected chi connectivity index (χ4v) is 5.78. The van der Waals surface area contributed by atoms with E-state index in [0.717, 1.165) is 11.1 Å². The van der Waals surface area contributed by atoms with Gasteiger partial charge in [0, 0.05) is 49.7 Å². The maximum Gasteiger partial charge on any atom is 0.413 e. The molecule has 5 rings (SSSR count). The molecule has 13 heteroatoms. The van der Waals surface area contributed by atoms with Crippen molar-refractivity contribution in [1.82, 2.24) is 25.4 Å². The van der Waals surface area contributed by atoms with Crippen LogP contribution in [0.3, 0.4) is 0 Å². The number of carbonyl (C=O) groups excluding carboxylic acids is 5. The lowest BCUT2D eigenvalue weighted by Gasteiger charge is -2.38. The molecule has 274 valence electrons. The van der Waals surface area contributed by atoms with Crippen molar-refractivity contribution in [3.05, 3.63) is 137 Å². The van der Waals surface area contributed by atoms with E-state index in [0.29, 0.717) is 16.7 Å². The Morgan fingerprint density at radius 3 is 2.00 bits per heavy atom. The number of alkyl carbamates (subject to hydrolysis) is 1. The van der Waals surface area contributed by atoms with Gasteiger partial charge in [-0.15, -0.1) is 0 Å². The van der Waals surface area contributed by atoms with Crippen LogP contribution in [0.2, 0.25) is 0 Å². The Morgan fingerprint density at radius 2 is 1.42 bits per heavy atom.